The summed E-state index contributed by atoms with van der Waals surface area (Å²) in [5.74, 6) is 1.54. The van der Waals surface area contributed by atoms with Crippen molar-refractivity contribution in [3.05, 3.63) is 33.1 Å². The van der Waals surface area contributed by atoms with Gasteiger partial charge in [0.1, 0.15) is 5.82 Å². The topological polar surface area (TPSA) is 49.8 Å². The van der Waals surface area contributed by atoms with Crippen LogP contribution in [0.1, 0.15) is 17.4 Å². The van der Waals surface area contributed by atoms with Crippen molar-refractivity contribution in [1.82, 2.24) is 9.97 Å². The lowest BCUT2D eigenvalue weighted by Crippen LogP contribution is -2.10. The molecule has 0 aliphatic rings. The molecule has 0 spiro atoms. The molecule has 0 radical (unpaired) electrons. The van der Waals surface area contributed by atoms with E-state index < -0.39 is 0 Å². The summed E-state index contributed by atoms with van der Waals surface area (Å²) in [6.45, 7) is 5.67. The lowest BCUT2D eigenvalue weighted by Gasteiger charge is -2.09. The molecule has 2 N–H and O–H groups in total. The quantitative estimate of drug-likeness (QED) is 0.855. The first kappa shape index (κ1) is 14.1. The fraction of sp³-hybridized carbons (Fsp3) is 0.385. The van der Waals surface area contributed by atoms with Crippen LogP contribution in [0.4, 0.5) is 11.8 Å². The molecular weight excluding hydrogens is 280 g/mol. The minimum Gasteiger partial charge on any atom is -0.369 e. The normalized spacial score (nSPS) is 10.5. The van der Waals surface area contributed by atoms with Crippen LogP contribution in [0.5, 0.6) is 0 Å². The van der Waals surface area contributed by atoms with Gasteiger partial charge >= 0.3 is 0 Å². The van der Waals surface area contributed by atoms with E-state index in [1.165, 1.54) is 4.88 Å². The standard InChI is InChI=1S/C13H17ClN4S/c1-3-15-13-17-8-9(2)12(18-13)16-7-6-10-4-5-11(14)19-10/h4-5,8H,3,6-7H2,1-2H3,(H2,15,16,17,18). The summed E-state index contributed by atoms with van der Waals surface area (Å²) in [5.41, 5.74) is 1.05. The van der Waals surface area contributed by atoms with E-state index in [9.17, 15) is 0 Å². The Morgan fingerprint density at radius 3 is 2.84 bits per heavy atom. The largest absolute Gasteiger partial charge is 0.369 e. The van der Waals surface area contributed by atoms with Crippen LogP contribution in [0.25, 0.3) is 0 Å². The second kappa shape index (κ2) is 6.73. The predicted octanol–water partition coefficient (Wildman–Crippen LogP) is 3.59. The van der Waals surface area contributed by atoms with Gasteiger partial charge in [-0.3, -0.25) is 0 Å². The fourth-order valence-corrected chi connectivity index (χ4v) is 2.74. The second-order valence-corrected chi connectivity index (χ2v) is 5.94. The van der Waals surface area contributed by atoms with Crippen LogP contribution in [0.15, 0.2) is 18.3 Å². The van der Waals surface area contributed by atoms with Crippen LogP contribution in [0.3, 0.4) is 0 Å². The van der Waals surface area contributed by atoms with Gasteiger partial charge in [0.2, 0.25) is 5.95 Å². The Morgan fingerprint density at radius 2 is 2.16 bits per heavy atom. The Labute approximate surface area is 122 Å². The zero-order valence-electron chi connectivity index (χ0n) is 11.0. The van der Waals surface area contributed by atoms with Crippen molar-refractivity contribution in [3.8, 4) is 0 Å². The van der Waals surface area contributed by atoms with Gasteiger partial charge in [0.15, 0.2) is 0 Å². The van der Waals surface area contributed by atoms with Gasteiger partial charge in [0.25, 0.3) is 0 Å². The summed E-state index contributed by atoms with van der Waals surface area (Å²) in [5, 5.41) is 6.45. The van der Waals surface area contributed by atoms with E-state index >= 15 is 0 Å². The fourth-order valence-electron chi connectivity index (χ4n) is 1.65. The smallest absolute Gasteiger partial charge is 0.224 e. The number of hydrogen-bond acceptors (Lipinski definition) is 5. The van der Waals surface area contributed by atoms with Crippen molar-refractivity contribution in [2.45, 2.75) is 20.3 Å². The highest BCUT2D eigenvalue weighted by molar-refractivity contribution is 7.16. The Bertz CT molecular complexity index is 541. The highest BCUT2D eigenvalue weighted by atomic mass is 35.5. The molecule has 4 nitrogen and oxygen atoms in total. The summed E-state index contributed by atoms with van der Waals surface area (Å²) >= 11 is 7.53. The Kier molecular flexibility index (Phi) is 4.99. The number of aryl methyl sites for hydroxylation is 1. The number of halogens is 1. The van der Waals surface area contributed by atoms with E-state index in [-0.39, 0.29) is 0 Å². The van der Waals surface area contributed by atoms with Crippen molar-refractivity contribution >= 4 is 34.7 Å². The van der Waals surface area contributed by atoms with Gasteiger partial charge in [-0.2, -0.15) is 4.98 Å². The number of nitrogens with one attached hydrogen (secondary N) is 2. The molecule has 2 heterocycles. The van der Waals surface area contributed by atoms with Crippen LogP contribution in [0.2, 0.25) is 4.34 Å². The third-order valence-corrected chi connectivity index (χ3v) is 3.89. The Hall–Kier alpha value is -1.33. The molecule has 0 aliphatic carbocycles. The Balaban J connectivity index is 1.93. The maximum absolute atomic E-state index is 5.91. The van der Waals surface area contributed by atoms with Gasteiger partial charge in [0.05, 0.1) is 4.34 Å². The minimum absolute atomic E-state index is 0.662. The molecule has 2 rings (SSSR count). The number of nitrogens with zero attached hydrogens (tertiary/aromatic N) is 2. The van der Waals surface area contributed by atoms with E-state index in [0.717, 1.165) is 35.2 Å². The van der Waals surface area contributed by atoms with Gasteiger partial charge < -0.3 is 10.6 Å². The molecule has 0 saturated heterocycles. The molecule has 0 atom stereocenters. The maximum atomic E-state index is 5.91. The van der Waals surface area contributed by atoms with Crippen LogP contribution >= 0.6 is 22.9 Å². The first-order valence-electron chi connectivity index (χ1n) is 6.24. The molecule has 2 aromatic heterocycles. The summed E-state index contributed by atoms with van der Waals surface area (Å²) < 4.78 is 0.836. The molecule has 0 amide bonds. The molecule has 19 heavy (non-hydrogen) atoms. The van der Waals surface area contributed by atoms with Gasteiger partial charge in [-0.1, -0.05) is 11.6 Å². The molecule has 2 aromatic rings. The van der Waals surface area contributed by atoms with Gasteiger partial charge in [-0.05, 0) is 32.4 Å². The van der Waals surface area contributed by atoms with Crippen molar-refractivity contribution in [2.75, 3.05) is 23.7 Å². The number of anilines is 2. The average Bonchev–Trinajstić information content (AvgIpc) is 2.79. The van der Waals surface area contributed by atoms with Crippen LogP contribution in [-0.4, -0.2) is 23.1 Å². The van der Waals surface area contributed by atoms with Crippen molar-refractivity contribution in [2.24, 2.45) is 0 Å². The van der Waals surface area contributed by atoms with Crippen LogP contribution in [-0.2, 0) is 6.42 Å². The van der Waals surface area contributed by atoms with Gasteiger partial charge in [-0.15, -0.1) is 11.3 Å². The van der Waals surface area contributed by atoms with E-state index in [1.54, 1.807) is 11.3 Å². The third-order valence-electron chi connectivity index (χ3n) is 2.60. The third kappa shape index (κ3) is 4.08. The highest BCUT2D eigenvalue weighted by Gasteiger charge is 2.03. The van der Waals surface area contributed by atoms with E-state index in [4.69, 9.17) is 11.6 Å². The summed E-state index contributed by atoms with van der Waals surface area (Å²) in [6.07, 6.45) is 2.77. The maximum Gasteiger partial charge on any atom is 0.224 e. The lowest BCUT2D eigenvalue weighted by molar-refractivity contribution is 1.00. The molecule has 0 aliphatic heterocycles. The van der Waals surface area contributed by atoms with Crippen molar-refractivity contribution < 1.29 is 0 Å². The van der Waals surface area contributed by atoms with Crippen LogP contribution < -0.4 is 10.6 Å². The number of hydrogen-bond donors (Lipinski definition) is 2. The van der Waals surface area contributed by atoms with E-state index in [1.807, 2.05) is 26.1 Å². The Morgan fingerprint density at radius 1 is 1.32 bits per heavy atom. The summed E-state index contributed by atoms with van der Waals surface area (Å²) in [7, 11) is 0. The summed E-state index contributed by atoms with van der Waals surface area (Å²) in [4.78, 5) is 9.94. The molecule has 0 unspecified atom stereocenters. The number of thiophene rings is 1. The zero-order valence-corrected chi connectivity index (χ0v) is 12.6. The lowest BCUT2D eigenvalue weighted by atomic mass is 10.3. The van der Waals surface area contributed by atoms with Crippen molar-refractivity contribution in [3.63, 3.8) is 0 Å². The van der Waals surface area contributed by atoms with Crippen molar-refractivity contribution in [1.29, 1.82) is 0 Å². The SMILES string of the molecule is CCNc1ncc(C)c(NCCc2ccc(Cl)s2)n1. The summed E-state index contributed by atoms with van der Waals surface area (Å²) in [6, 6.07) is 3.99. The molecule has 0 bridgehead atoms. The monoisotopic (exact) mass is 296 g/mol. The predicted molar refractivity (Wildman–Crippen MR) is 82.5 cm³/mol. The average molecular weight is 297 g/mol. The molecule has 0 saturated carbocycles. The molecule has 0 aromatic carbocycles. The van der Waals surface area contributed by atoms with Gasteiger partial charge in [-0.25, -0.2) is 4.98 Å². The minimum atomic E-state index is 0.662. The van der Waals surface area contributed by atoms with Crippen LogP contribution in [0, 0.1) is 6.92 Å². The molecular formula is C13H17ClN4S. The zero-order chi connectivity index (χ0) is 13.7. The van der Waals surface area contributed by atoms with Gasteiger partial charge in [0, 0.05) is 29.7 Å². The highest BCUT2D eigenvalue weighted by Crippen LogP contribution is 2.22. The van der Waals surface area contributed by atoms with E-state index in [2.05, 4.69) is 26.7 Å². The first-order valence-corrected chi connectivity index (χ1v) is 7.44. The first-order chi connectivity index (χ1) is 9.19. The number of rotatable bonds is 6. The van der Waals surface area contributed by atoms with E-state index in [0.29, 0.717) is 5.95 Å². The molecule has 6 heteroatoms. The molecule has 102 valence electrons. The second-order valence-electron chi connectivity index (χ2n) is 4.14. The molecule has 0 fully saturated rings. The number of aromatic nitrogens is 2.